The minimum Gasteiger partial charge on any atom is -0.484 e. The molecular weight excluding hydrogens is 404 g/mol. The van der Waals surface area contributed by atoms with Gasteiger partial charge in [0.05, 0.1) is 23.7 Å². The van der Waals surface area contributed by atoms with E-state index in [-0.39, 0.29) is 23.8 Å². The number of ether oxygens (including phenoxy) is 2. The average Bonchev–Trinajstić information content (AvgIpc) is 2.73. The summed E-state index contributed by atoms with van der Waals surface area (Å²) >= 11 is 1.48. The van der Waals surface area contributed by atoms with E-state index in [0.29, 0.717) is 30.9 Å². The monoisotopic (exact) mass is 428 g/mol. The summed E-state index contributed by atoms with van der Waals surface area (Å²) in [6.45, 7) is 7.09. The first-order chi connectivity index (χ1) is 14.4. The highest BCUT2D eigenvalue weighted by molar-refractivity contribution is 8.01. The maximum atomic E-state index is 13.8. The van der Waals surface area contributed by atoms with Gasteiger partial charge < -0.3 is 9.47 Å². The van der Waals surface area contributed by atoms with E-state index in [1.165, 1.54) is 17.8 Å². The third-order valence-electron chi connectivity index (χ3n) is 5.44. The molecular formula is C22H24N2O5S. The third kappa shape index (κ3) is 4.08. The number of nitrogens with zero attached hydrogens (tertiary/aromatic N) is 2. The number of fused-ring (bicyclic) bond motifs is 1. The smallest absolute Gasteiger partial charge is 0.311 e. The van der Waals surface area contributed by atoms with Crippen LogP contribution in [-0.4, -0.2) is 59.8 Å². The lowest BCUT2D eigenvalue weighted by atomic mass is 9.91. The number of hydrogen-bond acceptors (Lipinski definition) is 7. The number of benzene rings is 2. The van der Waals surface area contributed by atoms with E-state index in [1.807, 2.05) is 31.2 Å². The zero-order valence-electron chi connectivity index (χ0n) is 17.1. The minimum atomic E-state index is -0.888. The quantitative estimate of drug-likeness (QED) is 0.531. The summed E-state index contributed by atoms with van der Waals surface area (Å²) < 4.78 is 10.5. The van der Waals surface area contributed by atoms with Gasteiger partial charge >= 0.3 is 5.69 Å². The number of morpholine rings is 1. The normalized spacial score (nSPS) is 21.7. The molecule has 30 heavy (non-hydrogen) atoms. The van der Waals surface area contributed by atoms with Crippen molar-refractivity contribution >= 4 is 23.2 Å². The summed E-state index contributed by atoms with van der Waals surface area (Å²) in [6.07, 6.45) is 0. The Bertz CT molecular complexity index is 972. The molecule has 2 aliphatic rings. The van der Waals surface area contributed by atoms with Crippen molar-refractivity contribution in [3.05, 3.63) is 63.2 Å². The second-order valence-electron chi connectivity index (χ2n) is 7.83. The van der Waals surface area contributed by atoms with E-state index in [0.717, 1.165) is 23.5 Å². The molecule has 0 aliphatic carbocycles. The fourth-order valence-electron chi connectivity index (χ4n) is 3.89. The van der Waals surface area contributed by atoms with Gasteiger partial charge in [-0.2, -0.15) is 0 Å². The highest BCUT2D eigenvalue weighted by Crippen LogP contribution is 2.45. The standard InChI is InChI=1S/C22H24N2O5S/c1-15-3-5-17(6-4-15)30-22(13-23-7-9-28-10-8-23)14-29-20-18(21(22)25)11-16(2)12-19(20)24(26)27/h3-6,11-12H,7-10,13-14H2,1-2H3/t22-/m0/s1. The number of hydrogen-bond donors (Lipinski definition) is 0. The summed E-state index contributed by atoms with van der Waals surface area (Å²) in [4.78, 5) is 28.0. The molecule has 0 unspecified atom stereocenters. The third-order valence-corrected chi connectivity index (χ3v) is 6.77. The number of nitro benzene ring substituents is 1. The van der Waals surface area contributed by atoms with Crippen LogP contribution in [0.15, 0.2) is 41.3 Å². The van der Waals surface area contributed by atoms with Gasteiger partial charge in [-0.3, -0.25) is 19.8 Å². The largest absolute Gasteiger partial charge is 0.484 e. The lowest BCUT2D eigenvalue weighted by Crippen LogP contribution is -2.54. The molecule has 0 spiro atoms. The van der Waals surface area contributed by atoms with Crippen LogP contribution in [0.3, 0.4) is 0 Å². The van der Waals surface area contributed by atoms with E-state index in [2.05, 4.69) is 4.90 Å². The van der Waals surface area contributed by atoms with E-state index in [1.54, 1.807) is 13.0 Å². The molecule has 0 bridgehead atoms. The van der Waals surface area contributed by atoms with Gasteiger partial charge in [-0.05, 0) is 37.6 Å². The molecule has 7 nitrogen and oxygen atoms in total. The lowest BCUT2D eigenvalue weighted by molar-refractivity contribution is -0.386. The van der Waals surface area contributed by atoms with Crippen molar-refractivity contribution in [1.82, 2.24) is 4.90 Å². The van der Waals surface area contributed by atoms with E-state index in [4.69, 9.17) is 9.47 Å². The number of thioether (sulfide) groups is 1. The Labute approximate surface area is 179 Å². The molecule has 0 radical (unpaired) electrons. The Morgan fingerprint density at radius 2 is 1.83 bits per heavy atom. The van der Waals surface area contributed by atoms with Crippen LogP contribution in [0.1, 0.15) is 21.5 Å². The van der Waals surface area contributed by atoms with Gasteiger partial charge in [0.2, 0.25) is 5.75 Å². The van der Waals surface area contributed by atoms with Gasteiger partial charge in [0.15, 0.2) is 5.78 Å². The van der Waals surface area contributed by atoms with Gasteiger partial charge in [0.25, 0.3) is 0 Å². The van der Waals surface area contributed by atoms with Crippen LogP contribution in [0.25, 0.3) is 0 Å². The van der Waals surface area contributed by atoms with Gasteiger partial charge in [-0.15, -0.1) is 11.8 Å². The van der Waals surface area contributed by atoms with Crippen LogP contribution in [0, 0.1) is 24.0 Å². The molecule has 2 aromatic rings. The first kappa shape index (κ1) is 20.8. The fraction of sp³-hybridized carbons (Fsp3) is 0.409. The van der Waals surface area contributed by atoms with Crippen LogP contribution in [0.4, 0.5) is 5.69 Å². The molecule has 0 amide bonds. The molecule has 8 heteroatoms. The molecule has 2 aliphatic heterocycles. The van der Waals surface area contributed by atoms with Crippen LogP contribution >= 0.6 is 11.8 Å². The molecule has 1 atom stereocenters. The fourth-order valence-corrected chi connectivity index (χ4v) is 5.18. The molecule has 1 saturated heterocycles. The number of aryl methyl sites for hydroxylation is 2. The number of carbonyl (C=O) groups is 1. The molecule has 1 fully saturated rings. The molecule has 2 heterocycles. The summed E-state index contributed by atoms with van der Waals surface area (Å²) in [5, 5.41) is 11.5. The van der Waals surface area contributed by atoms with Crippen molar-refractivity contribution < 1.29 is 19.2 Å². The van der Waals surface area contributed by atoms with Crippen molar-refractivity contribution in [3.8, 4) is 5.75 Å². The average molecular weight is 429 g/mol. The molecule has 2 aromatic carbocycles. The van der Waals surface area contributed by atoms with Crippen molar-refractivity contribution in [1.29, 1.82) is 0 Å². The van der Waals surface area contributed by atoms with Crippen molar-refractivity contribution in [2.45, 2.75) is 23.5 Å². The van der Waals surface area contributed by atoms with Crippen molar-refractivity contribution in [2.75, 3.05) is 39.5 Å². The number of rotatable bonds is 5. The molecule has 0 aromatic heterocycles. The summed E-state index contributed by atoms with van der Waals surface area (Å²) in [7, 11) is 0. The Hall–Kier alpha value is -2.42. The first-order valence-electron chi connectivity index (χ1n) is 9.90. The Morgan fingerprint density at radius 1 is 1.13 bits per heavy atom. The van der Waals surface area contributed by atoms with E-state index in [9.17, 15) is 14.9 Å². The van der Waals surface area contributed by atoms with Crippen LogP contribution in [0.2, 0.25) is 0 Å². The predicted octanol–water partition coefficient (Wildman–Crippen LogP) is 3.65. The van der Waals surface area contributed by atoms with Gasteiger partial charge in [-0.25, -0.2) is 0 Å². The number of carbonyl (C=O) groups excluding carboxylic acids is 1. The molecule has 4 rings (SSSR count). The van der Waals surface area contributed by atoms with Gasteiger partial charge in [-0.1, -0.05) is 17.7 Å². The van der Waals surface area contributed by atoms with Crippen molar-refractivity contribution in [2.24, 2.45) is 0 Å². The molecule has 0 saturated carbocycles. The van der Waals surface area contributed by atoms with Crippen LogP contribution in [-0.2, 0) is 4.74 Å². The highest BCUT2D eigenvalue weighted by Gasteiger charge is 2.48. The lowest BCUT2D eigenvalue weighted by Gasteiger charge is -2.40. The second-order valence-corrected chi connectivity index (χ2v) is 9.29. The van der Waals surface area contributed by atoms with E-state index < -0.39 is 9.67 Å². The predicted molar refractivity (Wildman–Crippen MR) is 115 cm³/mol. The van der Waals surface area contributed by atoms with Gasteiger partial charge in [0.1, 0.15) is 11.4 Å². The Balaban J connectivity index is 1.75. The number of nitro groups is 1. The molecule has 158 valence electrons. The first-order valence-corrected chi connectivity index (χ1v) is 10.7. The van der Waals surface area contributed by atoms with Crippen LogP contribution in [0.5, 0.6) is 5.75 Å². The number of Topliss-reactive ketones (excluding diaryl/α,β-unsaturated/α-hetero) is 1. The SMILES string of the molecule is Cc1ccc(S[C@@]2(CN3CCOCC3)COc3c(cc(C)cc3[N+](=O)[O-])C2=O)cc1. The van der Waals surface area contributed by atoms with Gasteiger partial charge in [0, 0.05) is 30.6 Å². The zero-order valence-corrected chi connectivity index (χ0v) is 17.9. The minimum absolute atomic E-state index is 0.0812. The highest BCUT2D eigenvalue weighted by atomic mass is 32.2. The zero-order chi connectivity index (χ0) is 21.3. The molecule has 0 N–H and O–H groups in total. The summed E-state index contributed by atoms with van der Waals surface area (Å²) in [5.74, 6) is -0.0367. The second kappa shape index (κ2) is 8.37. The summed E-state index contributed by atoms with van der Waals surface area (Å²) in [5.41, 5.74) is 1.95. The Kier molecular flexibility index (Phi) is 5.81. The number of ketones is 1. The van der Waals surface area contributed by atoms with Crippen molar-refractivity contribution in [3.63, 3.8) is 0 Å². The maximum Gasteiger partial charge on any atom is 0.311 e. The topological polar surface area (TPSA) is 81.9 Å². The summed E-state index contributed by atoms with van der Waals surface area (Å²) in [6, 6.07) is 11.2. The van der Waals surface area contributed by atoms with Crippen LogP contribution < -0.4 is 4.74 Å². The maximum absolute atomic E-state index is 13.8. The van der Waals surface area contributed by atoms with E-state index >= 15 is 0 Å². The Morgan fingerprint density at radius 3 is 2.50 bits per heavy atom.